The minimum Gasteiger partial charge on any atom is -0.373 e. The van der Waals surface area contributed by atoms with Crippen molar-refractivity contribution in [1.82, 2.24) is 9.62 Å². The van der Waals surface area contributed by atoms with Crippen LogP contribution in [-0.4, -0.2) is 56.8 Å². The second kappa shape index (κ2) is 6.51. The predicted molar refractivity (Wildman–Crippen MR) is 88.9 cm³/mol. The van der Waals surface area contributed by atoms with Crippen LogP contribution in [0.4, 0.5) is 0 Å². The molecule has 0 bridgehead atoms. The van der Waals surface area contributed by atoms with Gasteiger partial charge in [-0.25, -0.2) is 13.1 Å². The number of carbonyl (C=O) groups excluding carboxylic acids is 1. The van der Waals surface area contributed by atoms with Crippen LogP contribution >= 0.6 is 11.3 Å². The standard InChI is InChI=1S/C15H22N2O4S2/c1-23(19,20)16-12-4-7-21-15(10-12)5-6-17(11-15)14(18)9-13-3-2-8-22-13/h2-3,8,12,16H,4-7,9-11H2,1H3/t12-,15-/m1/s1. The molecule has 0 aromatic carbocycles. The van der Waals surface area contributed by atoms with Gasteiger partial charge in [0.25, 0.3) is 0 Å². The Balaban J connectivity index is 1.60. The van der Waals surface area contributed by atoms with Crippen LogP contribution < -0.4 is 4.72 Å². The van der Waals surface area contributed by atoms with Gasteiger partial charge in [0, 0.05) is 30.6 Å². The molecule has 1 aromatic rings. The highest BCUT2D eigenvalue weighted by molar-refractivity contribution is 7.88. The number of carbonyl (C=O) groups is 1. The Morgan fingerprint density at radius 2 is 2.39 bits per heavy atom. The molecule has 23 heavy (non-hydrogen) atoms. The van der Waals surface area contributed by atoms with E-state index in [9.17, 15) is 13.2 Å². The lowest BCUT2D eigenvalue weighted by molar-refractivity contribution is -0.132. The van der Waals surface area contributed by atoms with Crippen LogP contribution in [-0.2, 0) is 26.0 Å². The van der Waals surface area contributed by atoms with Crippen molar-refractivity contribution in [2.24, 2.45) is 0 Å². The van der Waals surface area contributed by atoms with E-state index in [2.05, 4.69) is 4.72 Å². The third-order valence-electron chi connectivity index (χ3n) is 4.45. The van der Waals surface area contributed by atoms with Gasteiger partial charge in [-0.2, -0.15) is 0 Å². The SMILES string of the molecule is CS(=O)(=O)N[C@@H]1CCO[C@]2(CCN(C(=O)Cc3cccs3)C2)C1. The second-order valence-corrected chi connectivity index (χ2v) is 9.24. The average molecular weight is 358 g/mol. The molecule has 1 spiro atoms. The van der Waals surface area contributed by atoms with Crippen molar-refractivity contribution < 1.29 is 17.9 Å². The Bertz CT molecular complexity index is 659. The van der Waals surface area contributed by atoms with Crippen molar-refractivity contribution in [3.8, 4) is 0 Å². The zero-order chi connectivity index (χ0) is 16.5. The first-order valence-electron chi connectivity index (χ1n) is 7.77. The van der Waals surface area contributed by atoms with Crippen LogP contribution in [0.25, 0.3) is 0 Å². The summed E-state index contributed by atoms with van der Waals surface area (Å²) in [4.78, 5) is 15.3. The number of hydrogen-bond acceptors (Lipinski definition) is 5. The van der Waals surface area contributed by atoms with Crippen molar-refractivity contribution in [3.05, 3.63) is 22.4 Å². The number of nitrogens with one attached hydrogen (secondary N) is 1. The van der Waals surface area contributed by atoms with E-state index in [1.165, 1.54) is 6.26 Å². The predicted octanol–water partition coefficient (Wildman–Crippen LogP) is 0.990. The van der Waals surface area contributed by atoms with Crippen molar-refractivity contribution in [2.75, 3.05) is 26.0 Å². The first kappa shape index (κ1) is 16.9. The Morgan fingerprint density at radius 3 is 3.09 bits per heavy atom. The maximum atomic E-state index is 12.4. The summed E-state index contributed by atoms with van der Waals surface area (Å²) >= 11 is 1.59. The molecule has 1 aromatic heterocycles. The number of likely N-dealkylation sites (tertiary alicyclic amines) is 1. The van der Waals surface area contributed by atoms with Crippen molar-refractivity contribution in [1.29, 1.82) is 0 Å². The fraction of sp³-hybridized carbons (Fsp3) is 0.667. The van der Waals surface area contributed by atoms with Crippen LogP contribution in [0.15, 0.2) is 17.5 Å². The summed E-state index contributed by atoms with van der Waals surface area (Å²) in [7, 11) is -3.22. The summed E-state index contributed by atoms with van der Waals surface area (Å²) in [5.74, 6) is 0.117. The molecule has 128 valence electrons. The van der Waals surface area contributed by atoms with E-state index in [0.29, 0.717) is 39.0 Å². The molecular formula is C15H22N2O4S2. The van der Waals surface area contributed by atoms with E-state index >= 15 is 0 Å². The average Bonchev–Trinajstić information content (AvgIpc) is 3.07. The molecule has 2 atom stereocenters. The Hall–Kier alpha value is -0.960. The first-order chi connectivity index (χ1) is 10.9. The van der Waals surface area contributed by atoms with Gasteiger partial charge in [-0.15, -0.1) is 11.3 Å². The van der Waals surface area contributed by atoms with E-state index < -0.39 is 15.6 Å². The Morgan fingerprint density at radius 1 is 1.57 bits per heavy atom. The molecule has 0 saturated carbocycles. The topological polar surface area (TPSA) is 75.7 Å². The summed E-state index contributed by atoms with van der Waals surface area (Å²) in [6.07, 6.45) is 3.69. The smallest absolute Gasteiger partial charge is 0.227 e. The number of nitrogens with zero attached hydrogens (tertiary/aromatic N) is 1. The minimum absolute atomic E-state index is 0.105. The van der Waals surface area contributed by atoms with Gasteiger partial charge in [0.05, 0.1) is 18.3 Å². The summed E-state index contributed by atoms with van der Waals surface area (Å²) in [6.45, 7) is 1.76. The van der Waals surface area contributed by atoms with Crippen molar-refractivity contribution >= 4 is 27.3 Å². The fourth-order valence-corrected chi connectivity index (χ4v) is 4.95. The molecule has 1 N–H and O–H groups in total. The molecular weight excluding hydrogens is 336 g/mol. The lowest BCUT2D eigenvalue weighted by Gasteiger charge is -2.38. The van der Waals surface area contributed by atoms with Gasteiger partial charge in [0.2, 0.25) is 15.9 Å². The van der Waals surface area contributed by atoms with Crippen LogP contribution in [0.3, 0.4) is 0 Å². The van der Waals surface area contributed by atoms with Gasteiger partial charge >= 0.3 is 0 Å². The maximum Gasteiger partial charge on any atom is 0.227 e. The molecule has 2 aliphatic rings. The molecule has 0 radical (unpaired) electrons. The Labute approximate surface area is 140 Å². The van der Waals surface area contributed by atoms with Crippen LogP contribution in [0, 0.1) is 0 Å². The summed E-state index contributed by atoms with van der Waals surface area (Å²) in [5, 5.41) is 1.97. The number of ether oxygens (including phenoxy) is 1. The van der Waals surface area contributed by atoms with E-state index in [-0.39, 0.29) is 11.9 Å². The third kappa shape index (κ3) is 4.32. The largest absolute Gasteiger partial charge is 0.373 e. The van der Waals surface area contributed by atoms with Gasteiger partial charge in [0.1, 0.15) is 0 Å². The van der Waals surface area contributed by atoms with E-state index in [4.69, 9.17) is 4.74 Å². The van der Waals surface area contributed by atoms with Gasteiger partial charge in [0.15, 0.2) is 0 Å². The van der Waals surface area contributed by atoms with Gasteiger partial charge < -0.3 is 9.64 Å². The molecule has 0 aliphatic carbocycles. The fourth-order valence-electron chi connectivity index (χ4n) is 3.45. The van der Waals surface area contributed by atoms with Gasteiger partial charge in [-0.05, 0) is 30.7 Å². The molecule has 2 aliphatic heterocycles. The molecule has 1 amide bonds. The van der Waals surface area contributed by atoms with Gasteiger partial charge in [-0.1, -0.05) is 6.07 Å². The molecule has 2 saturated heterocycles. The molecule has 3 rings (SSSR count). The first-order valence-corrected chi connectivity index (χ1v) is 10.5. The van der Waals surface area contributed by atoms with E-state index in [0.717, 1.165) is 11.3 Å². The summed E-state index contributed by atoms with van der Waals surface area (Å²) in [5.41, 5.74) is -0.397. The zero-order valence-corrected chi connectivity index (χ0v) is 14.8. The van der Waals surface area contributed by atoms with Crippen molar-refractivity contribution in [3.63, 3.8) is 0 Å². The zero-order valence-electron chi connectivity index (χ0n) is 13.2. The van der Waals surface area contributed by atoms with Gasteiger partial charge in [-0.3, -0.25) is 4.79 Å². The summed E-state index contributed by atoms with van der Waals surface area (Å²) in [6, 6.07) is 3.81. The molecule has 8 heteroatoms. The van der Waals surface area contributed by atoms with Crippen LogP contribution in [0.1, 0.15) is 24.1 Å². The highest BCUT2D eigenvalue weighted by Gasteiger charge is 2.44. The molecule has 0 unspecified atom stereocenters. The summed E-state index contributed by atoms with van der Waals surface area (Å²) < 4.78 is 31.5. The maximum absolute atomic E-state index is 12.4. The minimum atomic E-state index is -3.22. The number of rotatable bonds is 4. The van der Waals surface area contributed by atoms with Crippen LogP contribution in [0.2, 0.25) is 0 Å². The Kier molecular flexibility index (Phi) is 4.78. The van der Waals surface area contributed by atoms with Crippen molar-refractivity contribution in [2.45, 2.75) is 37.3 Å². The quantitative estimate of drug-likeness (QED) is 0.871. The highest BCUT2D eigenvalue weighted by Crippen LogP contribution is 2.34. The number of hydrogen-bond donors (Lipinski definition) is 1. The highest BCUT2D eigenvalue weighted by atomic mass is 32.2. The van der Waals surface area contributed by atoms with Crippen LogP contribution in [0.5, 0.6) is 0 Å². The lowest BCUT2D eigenvalue weighted by atomic mass is 9.90. The normalized spacial score (nSPS) is 28.4. The monoisotopic (exact) mass is 358 g/mol. The van der Waals surface area contributed by atoms with E-state index in [1.807, 2.05) is 22.4 Å². The number of sulfonamides is 1. The molecule has 6 nitrogen and oxygen atoms in total. The second-order valence-electron chi connectivity index (χ2n) is 6.43. The number of thiophene rings is 1. The lowest BCUT2D eigenvalue weighted by Crippen LogP contribution is -2.50. The number of amides is 1. The third-order valence-corrected chi connectivity index (χ3v) is 6.09. The molecule has 2 fully saturated rings. The molecule has 3 heterocycles. The van der Waals surface area contributed by atoms with E-state index in [1.54, 1.807) is 11.3 Å².